The first-order chi connectivity index (χ1) is 13.4. The molecule has 144 valence electrons. The average molecular weight is 388 g/mol. The Balaban J connectivity index is 1.41. The zero-order chi connectivity index (χ0) is 19.7. The summed E-state index contributed by atoms with van der Waals surface area (Å²) in [5.41, 5.74) is 0.237. The van der Waals surface area contributed by atoms with E-state index < -0.39 is 11.9 Å². The number of nitrogens with zero attached hydrogens (tertiary/aromatic N) is 6. The first-order valence-electron chi connectivity index (χ1n) is 8.54. The first kappa shape index (κ1) is 18.1. The zero-order valence-corrected chi connectivity index (χ0v) is 14.5. The highest BCUT2D eigenvalue weighted by atomic mass is 19.4. The Labute approximate surface area is 157 Å². The standard InChI is InChI=1S/C18H15F3N6O/c19-18(20,21)15-4-5-16(24-23-15)26-9-12(10-26)11-27-17(28)6-3-14(25-27)13-2-1-7-22-8-13/h1-8,12H,9-11H2. The molecule has 3 aromatic heterocycles. The van der Waals surface area contributed by atoms with Crippen LogP contribution in [0.2, 0.25) is 0 Å². The van der Waals surface area contributed by atoms with Crippen LogP contribution in [0.3, 0.4) is 0 Å². The number of pyridine rings is 1. The van der Waals surface area contributed by atoms with Gasteiger partial charge in [-0.05, 0) is 30.3 Å². The van der Waals surface area contributed by atoms with Gasteiger partial charge in [0, 0.05) is 43.0 Å². The van der Waals surface area contributed by atoms with Crippen LogP contribution in [0.25, 0.3) is 11.3 Å². The molecule has 0 N–H and O–H groups in total. The molecule has 0 aliphatic carbocycles. The fourth-order valence-corrected chi connectivity index (χ4v) is 3.01. The van der Waals surface area contributed by atoms with Crippen molar-refractivity contribution in [2.75, 3.05) is 18.0 Å². The fraction of sp³-hybridized carbons (Fsp3) is 0.278. The maximum absolute atomic E-state index is 12.6. The van der Waals surface area contributed by atoms with E-state index >= 15 is 0 Å². The van der Waals surface area contributed by atoms with Crippen molar-refractivity contribution in [3.63, 3.8) is 0 Å². The Morgan fingerprint density at radius 1 is 1.07 bits per heavy atom. The van der Waals surface area contributed by atoms with Crippen LogP contribution in [-0.2, 0) is 12.7 Å². The van der Waals surface area contributed by atoms with E-state index in [0.717, 1.165) is 11.6 Å². The quantitative estimate of drug-likeness (QED) is 0.682. The fourth-order valence-electron chi connectivity index (χ4n) is 3.01. The number of hydrogen-bond donors (Lipinski definition) is 0. The van der Waals surface area contributed by atoms with Crippen LogP contribution in [-0.4, -0.2) is 38.1 Å². The topological polar surface area (TPSA) is 76.8 Å². The smallest absolute Gasteiger partial charge is 0.354 e. The summed E-state index contributed by atoms with van der Waals surface area (Å²) in [6.07, 6.45) is -1.17. The minimum atomic E-state index is -4.50. The van der Waals surface area contributed by atoms with Gasteiger partial charge in [0.1, 0.15) is 0 Å². The number of halogens is 3. The van der Waals surface area contributed by atoms with Crippen LogP contribution < -0.4 is 10.5 Å². The summed E-state index contributed by atoms with van der Waals surface area (Å²) < 4.78 is 39.1. The molecule has 0 bridgehead atoms. The van der Waals surface area contributed by atoms with Gasteiger partial charge >= 0.3 is 6.18 Å². The van der Waals surface area contributed by atoms with Gasteiger partial charge in [0.2, 0.25) is 0 Å². The van der Waals surface area contributed by atoms with E-state index in [9.17, 15) is 18.0 Å². The predicted octanol–water partition coefficient (Wildman–Crippen LogP) is 2.25. The van der Waals surface area contributed by atoms with Crippen molar-refractivity contribution in [3.8, 4) is 11.3 Å². The first-order valence-corrected chi connectivity index (χ1v) is 8.54. The third kappa shape index (κ3) is 3.71. The summed E-state index contributed by atoms with van der Waals surface area (Å²) >= 11 is 0. The summed E-state index contributed by atoms with van der Waals surface area (Å²) in [4.78, 5) is 18.0. The molecule has 4 heterocycles. The van der Waals surface area contributed by atoms with Gasteiger partial charge in [-0.2, -0.15) is 18.3 Å². The minimum absolute atomic E-state index is 0.137. The normalized spacial score (nSPS) is 14.8. The van der Waals surface area contributed by atoms with Crippen molar-refractivity contribution in [1.82, 2.24) is 25.0 Å². The predicted molar refractivity (Wildman–Crippen MR) is 94.5 cm³/mol. The maximum atomic E-state index is 12.6. The van der Waals surface area contributed by atoms with Gasteiger partial charge in [-0.3, -0.25) is 9.78 Å². The second-order valence-corrected chi connectivity index (χ2v) is 6.53. The Kier molecular flexibility index (Phi) is 4.54. The van der Waals surface area contributed by atoms with E-state index in [0.29, 0.717) is 31.1 Å². The van der Waals surface area contributed by atoms with Crippen LogP contribution in [0.5, 0.6) is 0 Å². The minimum Gasteiger partial charge on any atom is -0.354 e. The number of aromatic nitrogens is 5. The lowest BCUT2D eigenvalue weighted by Crippen LogP contribution is -2.50. The molecule has 10 heteroatoms. The van der Waals surface area contributed by atoms with Gasteiger partial charge in [0.05, 0.1) is 12.2 Å². The lowest BCUT2D eigenvalue weighted by atomic mass is 10.0. The molecule has 1 saturated heterocycles. The highest BCUT2D eigenvalue weighted by molar-refractivity contribution is 5.56. The van der Waals surface area contributed by atoms with Crippen LogP contribution in [0, 0.1) is 5.92 Å². The van der Waals surface area contributed by atoms with Gasteiger partial charge in [-0.15, -0.1) is 10.2 Å². The van der Waals surface area contributed by atoms with E-state index in [1.807, 2.05) is 11.0 Å². The van der Waals surface area contributed by atoms with E-state index in [-0.39, 0.29) is 11.5 Å². The Hall–Kier alpha value is -3.30. The highest BCUT2D eigenvalue weighted by Gasteiger charge is 2.34. The largest absolute Gasteiger partial charge is 0.435 e. The third-order valence-electron chi connectivity index (χ3n) is 4.48. The molecule has 28 heavy (non-hydrogen) atoms. The molecule has 0 radical (unpaired) electrons. The summed E-state index contributed by atoms with van der Waals surface area (Å²) in [5.74, 6) is 0.520. The highest BCUT2D eigenvalue weighted by Crippen LogP contribution is 2.29. The summed E-state index contributed by atoms with van der Waals surface area (Å²) in [6.45, 7) is 1.54. The summed E-state index contributed by atoms with van der Waals surface area (Å²) in [6, 6.07) is 8.99. The molecule has 0 spiro atoms. The molecule has 0 atom stereocenters. The Morgan fingerprint density at radius 2 is 1.89 bits per heavy atom. The molecular formula is C18H15F3N6O. The summed E-state index contributed by atoms with van der Waals surface area (Å²) in [7, 11) is 0. The SMILES string of the molecule is O=c1ccc(-c2cccnc2)nn1CC1CN(c2ccc(C(F)(F)F)nn2)C1. The van der Waals surface area contributed by atoms with Crippen molar-refractivity contribution >= 4 is 5.82 Å². The zero-order valence-electron chi connectivity index (χ0n) is 14.5. The number of hydrogen-bond acceptors (Lipinski definition) is 6. The van der Waals surface area contributed by atoms with Crippen molar-refractivity contribution in [2.24, 2.45) is 5.92 Å². The summed E-state index contributed by atoms with van der Waals surface area (Å²) in [5, 5.41) is 11.3. The van der Waals surface area contributed by atoms with E-state index in [2.05, 4.69) is 20.3 Å². The lowest BCUT2D eigenvalue weighted by molar-refractivity contribution is -0.141. The van der Waals surface area contributed by atoms with E-state index in [1.165, 1.54) is 16.8 Å². The Morgan fingerprint density at radius 3 is 2.54 bits per heavy atom. The van der Waals surface area contributed by atoms with Gasteiger partial charge in [-0.25, -0.2) is 4.68 Å². The molecule has 7 nitrogen and oxygen atoms in total. The molecule has 4 rings (SSSR count). The second-order valence-electron chi connectivity index (χ2n) is 6.53. The van der Waals surface area contributed by atoms with Crippen molar-refractivity contribution in [1.29, 1.82) is 0 Å². The maximum Gasteiger partial charge on any atom is 0.435 e. The van der Waals surface area contributed by atoms with Crippen LogP contribution in [0.4, 0.5) is 19.0 Å². The molecule has 1 fully saturated rings. The molecule has 0 saturated carbocycles. The molecule has 0 unspecified atom stereocenters. The van der Waals surface area contributed by atoms with Crippen molar-refractivity contribution < 1.29 is 13.2 Å². The molecule has 1 aliphatic rings. The van der Waals surface area contributed by atoms with Crippen LogP contribution in [0.15, 0.2) is 53.6 Å². The molecule has 1 aliphatic heterocycles. The van der Waals surface area contributed by atoms with Gasteiger partial charge < -0.3 is 4.90 Å². The second kappa shape index (κ2) is 7.02. The molecule has 0 amide bonds. The van der Waals surface area contributed by atoms with Crippen molar-refractivity contribution in [2.45, 2.75) is 12.7 Å². The van der Waals surface area contributed by atoms with E-state index in [4.69, 9.17) is 0 Å². The van der Waals surface area contributed by atoms with Gasteiger partial charge in [0.25, 0.3) is 5.56 Å². The molecule has 0 aromatic carbocycles. The van der Waals surface area contributed by atoms with E-state index in [1.54, 1.807) is 24.5 Å². The molecular weight excluding hydrogens is 373 g/mol. The Bertz CT molecular complexity index is 1010. The van der Waals surface area contributed by atoms with Crippen LogP contribution in [0.1, 0.15) is 5.69 Å². The number of rotatable bonds is 4. The van der Waals surface area contributed by atoms with Gasteiger partial charge in [0.15, 0.2) is 11.5 Å². The average Bonchev–Trinajstić information content (AvgIpc) is 2.66. The number of alkyl halides is 3. The third-order valence-corrected chi connectivity index (χ3v) is 4.48. The van der Waals surface area contributed by atoms with Crippen molar-refractivity contribution in [3.05, 3.63) is 64.8 Å². The lowest BCUT2D eigenvalue weighted by Gasteiger charge is -2.39. The number of anilines is 1. The van der Waals surface area contributed by atoms with Crippen LogP contribution >= 0.6 is 0 Å². The molecule has 3 aromatic rings. The monoisotopic (exact) mass is 388 g/mol. The van der Waals surface area contributed by atoms with Gasteiger partial charge in [-0.1, -0.05) is 0 Å².